The van der Waals surface area contributed by atoms with Crippen LogP contribution >= 0.6 is 15.9 Å². The van der Waals surface area contributed by atoms with E-state index in [0.717, 1.165) is 6.07 Å². The Morgan fingerprint density at radius 2 is 2.20 bits per heavy atom. The van der Waals surface area contributed by atoms with Gasteiger partial charge in [-0.1, -0.05) is 0 Å². The van der Waals surface area contributed by atoms with E-state index in [1.807, 2.05) is 0 Å². The minimum absolute atomic E-state index is 0.0631. The highest BCUT2D eigenvalue weighted by atomic mass is 79.9. The van der Waals surface area contributed by atoms with Gasteiger partial charge in [-0.15, -0.1) is 0 Å². The fourth-order valence-corrected chi connectivity index (χ4v) is 1.66. The average Bonchev–Trinajstić information content (AvgIpc) is 2.16. The van der Waals surface area contributed by atoms with Crippen LogP contribution in [0.25, 0.3) is 0 Å². The van der Waals surface area contributed by atoms with E-state index in [2.05, 4.69) is 15.9 Å². The van der Waals surface area contributed by atoms with Gasteiger partial charge in [-0.05, 0) is 15.9 Å². The van der Waals surface area contributed by atoms with Crippen LogP contribution in [-0.4, -0.2) is 23.1 Å². The quantitative estimate of drug-likeness (QED) is 0.674. The largest absolute Gasteiger partial charge is 0.495 e. The minimum atomic E-state index is -1.28. The summed E-state index contributed by atoms with van der Waals surface area (Å²) in [6, 6.07) is 2.14. The predicted octanol–water partition coefficient (Wildman–Crippen LogP) is 2.06. The number of halogens is 1. The number of benzene rings is 1. The smallest absolute Gasteiger partial charge is 0.339 e. The van der Waals surface area contributed by atoms with Crippen LogP contribution in [0, 0.1) is 10.1 Å². The maximum Gasteiger partial charge on any atom is 0.339 e. The number of rotatable bonds is 3. The van der Waals surface area contributed by atoms with E-state index in [1.165, 1.54) is 13.2 Å². The Bertz CT molecular complexity index is 431. The van der Waals surface area contributed by atoms with Crippen LogP contribution in [-0.2, 0) is 0 Å². The van der Waals surface area contributed by atoms with Crippen LogP contribution in [0.3, 0.4) is 0 Å². The first-order valence-electron chi connectivity index (χ1n) is 3.72. The Labute approximate surface area is 92.8 Å². The lowest BCUT2D eigenvalue weighted by Gasteiger charge is -2.06. The first kappa shape index (κ1) is 11.4. The molecule has 1 aromatic carbocycles. The number of carbonyl (C=O) groups is 1. The van der Waals surface area contributed by atoms with Crippen LogP contribution in [0.15, 0.2) is 16.6 Å². The van der Waals surface area contributed by atoms with Gasteiger partial charge in [0, 0.05) is 12.1 Å². The Morgan fingerprint density at radius 3 is 2.60 bits per heavy atom. The fraction of sp³-hybridized carbons (Fsp3) is 0.125. The Morgan fingerprint density at radius 1 is 1.60 bits per heavy atom. The zero-order valence-corrected chi connectivity index (χ0v) is 9.15. The van der Waals surface area contributed by atoms with E-state index in [-0.39, 0.29) is 21.5 Å². The van der Waals surface area contributed by atoms with E-state index >= 15 is 0 Å². The summed E-state index contributed by atoms with van der Waals surface area (Å²) in [7, 11) is 1.29. The van der Waals surface area contributed by atoms with Crippen LogP contribution in [0.4, 0.5) is 5.69 Å². The summed E-state index contributed by atoms with van der Waals surface area (Å²) in [5, 5.41) is 19.3. The van der Waals surface area contributed by atoms with E-state index in [1.54, 1.807) is 0 Å². The Hall–Kier alpha value is -1.63. The lowest BCUT2D eigenvalue weighted by Crippen LogP contribution is -2.02. The number of nitro groups is 1. The molecular formula is C8H6BrNO5. The molecule has 1 rings (SSSR count). The molecule has 0 aromatic heterocycles. The molecule has 6 nitrogen and oxygen atoms in total. The van der Waals surface area contributed by atoms with Crippen molar-refractivity contribution < 1.29 is 19.6 Å². The molecule has 0 radical (unpaired) electrons. The summed E-state index contributed by atoms with van der Waals surface area (Å²) in [4.78, 5) is 20.6. The van der Waals surface area contributed by atoms with Gasteiger partial charge in [0.2, 0.25) is 0 Å². The fourth-order valence-electron chi connectivity index (χ4n) is 1.05. The molecule has 0 aliphatic heterocycles. The van der Waals surface area contributed by atoms with Gasteiger partial charge in [0.05, 0.1) is 16.5 Å². The van der Waals surface area contributed by atoms with Gasteiger partial charge in [0.15, 0.2) is 0 Å². The van der Waals surface area contributed by atoms with Crippen molar-refractivity contribution in [2.24, 2.45) is 0 Å². The number of hydrogen-bond donors (Lipinski definition) is 1. The highest BCUT2D eigenvalue weighted by Gasteiger charge is 2.20. The molecule has 0 heterocycles. The highest BCUT2D eigenvalue weighted by Crippen LogP contribution is 2.33. The van der Waals surface area contributed by atoms with Crippen molar-refractivity contribution in [3.8, 4) is 5.75 Å². The van der Waals surface area contributed by atoms with Gasteiger partial charge in [-0.2, -0.15) is 0 Å². The van der Waals surface area contributed by atoms with Crippen LogP contribution in [0.5, 0.6) is 5.75 Å². The molecule has 0 amide bonds. The second kappa shape index (κ2) is 4.26. The molecule has 0 aliphatic carbocycles. The summed E-state index contributed by atoms with van der Waals surface area (Å²) in [5.74, 6) is -1.22. The lowest BCUT2D eigenvalue weighted by atomic mass is 10.2. The summed E-state index contributed by atoms with van der Waals surface area (Å²) < 4.78 is 5.05. The number of ether oxygens (including phenoxy) is 1. The number of methoxy groups -OCH3 is 1. The summed E-state index contributed by atoms with van der Waals surface area (Å²) >= 11 is 3.00. The molecule has 7 heteroatoms. The normalized spacial score (nSPS) is 9.73. The van der Waals surface area contributed by atoms with E-state index in [4.69, 9.17) is 9.84 Å². The van der Waals surface area contributed by atoms with E-state index in [0.29, 0.717) is 0 Å². The number of non-ortho nitro benzene ring substituents is 1. The van der Waals surface area contributed by atoms with Crippen LogP contribution in [0.2, 0.25) is 0 Å². The third kappa shape index (κ3) is 2.24. The molecule has 0 aliphatic rings. The summed E-state index contributed by atoms with van der Waals surface area (Å²) in [5.41, 5.74) is -0.557. The second-order valence-electron chi connectivity index (χ2n) is 2.57. The third-order valence-electron chi connectivity index (χ3n) is 1.67. The maximum absolute atomic E-state index is 10.8. The topological polar surface area (TPSA) is 89.7 Å². The monoisotopic (exact) mass is 275 g/mol. The molecule has 0 spiro atoms. The van der Waals surface area contributed by atoms with Gasteiger partial charge in [-0.25, -0.2) is 4.79 Å². The Balaban J connectivity index is 3.45. The van der Waals surface area contributed by atoms with Crippen molar-refractivity contribution in [3.05, 3.63) is 32.3 Å². The van der Waals surface area contributed by atoms with Gasteiger partial charge >= 0.3 is 5.97 Å². The number of nitro benzene ring substituents is 1. The summed E-state index contributed by atoms with van der Waals surface area (Å²) in [6.07, 6.45) is 0. The summed E-state index contributed by atoms with van der Waals surface area (Å²) in [6.45, 7) is 0. The number of carboxylic acids is 1. The minimum Gasteiger partial charge on any atom is -0.495 e. The van der Waals surface area contributed by atoms with Crippen molar-refractivity contribution in [2.75, 3.05) is 7.11 Å². The maximum atomic E-state index is 10.8. The van der Waals surface area contributed by atoms with Crippen molar-refractivity contribution in [3.63, 3.8) is 0 Å². The molecule has 0 unspecified atom stereocenters. The zero-order chi connectivity index (χ0) is 11.6. The number of hydrogen-bond acceptors (Lipinski definition) is 4. The molecular weight excluding hydrogens is 270 g/mol. The van der Waals surface area contributed by atoms with Crippen molar-refractivity contribution >= 4 is 27.6 Å². The second-order valence-corrected chi connectivity index (χ2v) is 3.43. The lowest BCUT2D eigenvalue weighted by molar-refractivity contribution is -0.385. The van der Waals surface area contributed by atoms with Crippen molar-refractivity contribution in [1.29, 1.82) is 0 Å². The number of carboxylic acid groups (broad SMARTS) is 1. The van der Waals surface area contributed by atoms with Crippen LogP contribution in [0.1, 0.15) is 10.4 Å². The first-order valence-corrected chi connectivity index (χ1v) is 4.52. The van der Waals surface area contributed by atoms with E-state index in [9.17, 15) is 14.9 Å². The number of nitrogens with zero attached hydrogens (tertiary/aromatic N) is 1. The van der Waals surface area contributed by atoms with Crippen molar-refractivity contribution in [2.45, 2.75) is 0 Å². The number of aromatic carboxylic acids is 1. The van der Waals surface area contributed by atoms with Gasteiger partial charge in [0.25, 0.3) is 5.69 Å². The van der Waals surface area contributed by atoms with Crippen molar-refractivity contribution in [1.82, 2.24) is 0 Å². The van der Waals surface area contributed by atoms with E-state index < -0.39 is 10.9 Å². The molecule has 0 saturated carbocycles. The highest BCUT2D eigenvalue weighted by molar-refractivity contribution is 9.10. The molecule has 80 valence electrons. The third-order valence-corrected chi connectivity index (χ3v) is 2.26. The van der Waals surface area contributed by atoms with Gasteiger partial charge in [0.1, 0.15) is 11.3 Å². The van der Waals surface area contributed by atoms with Crippen LogP contribution < -0.4 is 4.74 Å². The predicted molar refractivity (Wildman–Crippen MR) is 54.3 cm³/mol. The molecule has 1 N–H and O–H groups in total. The van der Waals surface area contributed by atoms with Gasteiger partial charge in [-0.3, -0.25) is 10.1 Å². The molecule has 0 atom stereocenters. The molecule has 1 aromatic rings. The Kier molecular flexibility index (Phi) is 3.25. The van der Waals surface area contributed by atoms with Gasteiger partial charge < -0.3 is 9.84 Å². The SMILES string of the molecule is COc1c(Br)cc([N+](=O)[O-])cc1C(=O)O. The molecule has 0 fully saturated rings. The first-order chi connectivity index (χ1) is 6.97. The standard InChI is InChI=1S/C8H6BrNO5/c1-15-7-5(8(11)12)2-4(10(13)14)3-6(7)9/h2-3H,1H3,(H,11,12). The molecule has 0 saturated heterocycles. The average molecular weight is 276 g/mol. The molecule has 15 heavy (non-hydrogen) atoms. The molecule has 0 bridgehead atoms. The zero-order valence-electron chi connectivity index (χ0n) is 7.56.